The van der Waals surface area contributed by atoms with Crippen LogP contribution in [0.2, 0.25) is 0 Å². The summed E-state index contributed by atoms with van der Waals surface area (Å²) in [6.07, 6.45) is 0.228. The van der Waals surface area contributed by atoms with E-state index in [4.69, 9.17) is 4.74 Å². The molecule has 5 nitrogen and oxygen atoms in total. The molecule has 0 aromatic carbocycles. The number of rotatable bonds is 4. The molecule has 1 aliphatic heterocycles. The number of morpholine rings is 1. The molecule has 0 saturated carbocycles. The lowest BCUT2D eigenvalue weighted by Gasteiger charge is -2.29. The van der Waals surface area contributed by atoms with Gasteiger partial charge in [-0.05, 0) is 20.9 Å². The number of nitrogens with zero attached hydrogens (tertiary/aromatic N) is 2. The lowest BCUT2D eigenvalue weighted by molar-refractivity contribution is -0.0136. The minimum absolute atomic E-state index is 0. The Bertz CT molecular complexity index is 218. The number of hydrogen-bond donors (Lipinski definition) is 2. The van der Waals surface area contributed by atoms with E-state index in [1.165, 1.54) is 0 Å². The van der Waals surface area contributed by atoms with E-state index < -0.39 is 0 Å². The van der Waals surface area contributed by atoms with Gasteiger partial charge in [0, 0.05) is 26.2 Å². The van der Waals surface area contributed by atoms with Gasteiger partial charge in [-0.2, -0.15) is 0 Å². The van der Waals surface area contributed by atoms with Crippen LogP contribution < -0.4 is 10.6 Å². The van der Waals surface area contributed by atoms with Crippen LogP contribution in [-0.4, -0.2) is 63.3 Å². The minimum Gasteiger partial charge on any atom is -0.374 e. The first kappa shape index (κ1) is 16.9. The molecule has 1 aliphatic rings. The number of hydrogen-bond acceptors (Lipinski definition) is 3. The van der Waals surface area contributed by atoms with Crippen molar-refractivity contribution < 1.29 is 4.74 Å². The van der Waals surface area contributed by atoms with Gasteiger partial charge in [-0.1, -0.05) is 0 Å². The lowest BCUT2D eigenvalue weighted by Crippen LogP contribution is -2.43. The summed E-state index contributed by atoms with van der Waals surface area (Å²) >= 11 is 0. The highest BCUT2D eigenvalue weighted by Gasteiger charge is 2.16. The average Bonchev–Trinajstić information content (AvgIpc) is 2.27. The molecule has 1 fully saturated rings. The summed E-state index contributed by atoms with van der Waals surface area (Å²) in [5, 5.41) is 6.41. The molecule has 0 aromatic heterocycles. The van der Waals surface area contributed by atoms with Crippen LogP contribution in [0.15, 0.2) is 4.99 Å². The fraction of sp³-hybridized carbons (Fsp3) is 0.909. The van der Waals surface area contributed by atoms with E-state index in [2.05, 4.69) is 41.4 Å². The van der Waals surface area contributed by atoms with E-state index >= 15 is 0 Å². The van der Waals surface area contributed by atoms with E-state index in [-0.39, 0.29) is 30.1 Å². The van der Waals surface area contributed by atoms with Crippen LogP contribution in [0, 0.1) is 0 Å². The van der Waals surface area contributed by atoms with Crippen LogP contribution in [0.4, 0.5) is 0 Å². The first-order chi connectivity index (χ1) is 7.76. The molecule has 1 rings (SSSR count). The van der Waals surface area contributed by atoms with E-state index in [9.17, 15) is 0 Å². The molecule has 0 aromatic rings. The SMILES string of the molecule is CCNC(=NCC1CN(C)CCO1)NCC.I. The summed E-state index contributed by atoms with van der Waals surface area (Å²) in [5.41, 5.74) is 0. The van der Waals surface area contributed by atoms with Crippen LogP contribution >= 0.6 is 24.0 Å². The zero-order valence-electron chi connectivity index (χ0n) is 11.0. The van der Waals surface area contributed by atoms with Gasteiger partial charge in [0.05, 0.1) is 19.3 Å². The highest BCUT2D eigenvalue weighted by atomic mass is 127. The fourth-order valence-electron chi connectivity index (χ4n) is 1.68. The summed E-state index contributed by atoms with van der Waals surface area (Å²) in [7, 11) is 2.12. The topological polar surface area (TPSA) is 48.9 Å². The largest absolute Gasteiger partial charge is 0.374 e. The van der Waals surface area contributed by atoms with Crippen LogP contribution in [-0.2, 0) is 4.74 Å². The monoisotopic (exact) mass is 356 g/mol. The number of aliphatic imine (C=N–C) groups is 1. The lowest BCUT2D eigenvalue weighted by atomic mass is 10.3. The predicted molar refractivity (Wildman–Crippen MR) is 82.3 cm³/mol. The molecule has 0 spiro atoms. The van der Waals surface area contributed by atoms with E-state index in [1.807, 2.05) is 0 Å². The Kier molecular flexibility index (Phi) is 9.85. The molecule has 0 bridgehead atoms. The molecular formula is C11H25IN4O. The standard InChI is InChI=1S/C11H24N4O.HI/c1-4-12-11(13-5-2)14-8-10-9-15(3)6-7-16-10;/h10H,4-9H2,1-3H3,(H2,12,13,14);1H. The molecule has 6 heteroatoms. The van der Waals surface area contributed by atoms with Gasteiger partial charge in [0.25, 0.3) is 0 Å². The van der Waals surface area contributed by atoms with E-state index in [0.717, 1.165) is 45.3 Å². The van der Waals surface area contributed by atoms with Crippen molar-refractivity contribution in [2.75, 3.05) is 46.4 Å². The average molecular weight is 356 g/mol. The smallest absolute Gasteiger partial charge is 0.191 e. The molecule has 0 amide bonds. The molecule has 1 atom stereocenters. The Hall–Kier alpha value is -0.0800. The Labute approximate surface area is 121 Å². The first-order valence-corrected chi connectivity index (χ1v) is 6.08. The molecule has 102 valence electrons. The highest BCUT2D eigenvalue weighted by Crippen LogP contribution is 2.02. The third-order valence-electron chi connectivity index (χ3n) is 2.48. The van der Waals surface area contributed by atoms with Crippen molar-refractivity contribution in [3.05, 3.63) is 0 Å². The van der Waals surface area contributed by atoms with Crippen LogP contribution in [0.1, 0.15) is 13.8 Å². The fourth-order valence-corrected chi connectivity index (χ4v) is 1.68. The van der Waals surface area contributed by atoms with Crippen LogP contribution in [0.5, 0.6) is 0 Å². The second-order valence-electron chi connectivity index (χ2n) is 4.00. The molecule has 1 saturated heterocycles. The van der Waals surface area contributed by atoms with Crippen LogP contribution in [0.3, 0.4) is 0 Å². The summed E-state index contributed by atoms with van der Waals surface area (Å²) < 4.78 is 5.65. The van der Waals surface area contributed by atoms with Crippen molar-refractivity contribution in [2.24, 2.45) is 4.99 Å². The van der Waals surface area contributed by atoms with E-state index in [0.29, 0.717) is 0 Å². The van der Waals surface area contributed by atoms with Crippen LogP contribution in [0.25, 0.3) is 0 Å². The second kappa shape index (κ2) is 9.90. The van der Waals surface area contributed by atoms with Gasteiger partial charge in [0.2, 0.25) is 0 Å². The minimum atomic E-state index is 0. The maximum absolute atomic E-state index is 5.65. The normalized spacial score (nSPS) is 20.3. The summed E-state index contributed by atoms with van der Waals surface area (Å²) in [5.74, 6) is 0.877. The summed E-state index contributed by atoms with van der Waals surface area (Å²) in [4.78, 5) is 6.79. The van der Waals surface area contributed by atoms with Crippen molar-refractivity contribution in [2.45, 2.75) is 20.0 Å². The Balaban J connectivity index is 0.00000256. The molecule has 0 aliphatic carbocycles. The third-order valence-corrected chi connectivity index (χ3v) is 2.48. The Morgan fingerprint density at radius 1 is 1.35 bits per heavy atom. The van der Waals surface area contributed by atoms with Gasteiger partial charge >= 0.3 is 0 Å². The number of ether oxygens (including phenoxy) is 1. The van der Waals surface area contributed by atoms with Crippen molar-refractivity contribution >= 4 is 29.9 Å². The van der Waals surface area contributed by atoms with Crippen molar-refractivity contribution in [3.63, 3.8) is 0 Å². The van der Waals surface area contributed by atoms with Gasteiger partial charge in [-0.3, -0.25) is 4.99 Å². The number of halogens is 1. The quantitative estimate of drug-likeness (QED) is 0.438. The van der Waals surface area contributed by atoms with Gasteiger partial charge in [-0.25, -0.2) is 0 Å². The van der Waals surface area contributed by atoms with Gasteiger partial charge in [-0.15, -0.1) is 24.0 Å². The number of likely N-dealkylation sites (N-methyl/N-ethyl adjacent to an activating group) is 1. The molecular weight excluding hydrogens is 331 g/mol. The molecule has 17 heavy (non-hydrogen) atoms. The van der Waals surface area contributed by atoms with Crippen molar-refractivity contribution in [1.29, 1.82) is 0 Å². The maximum atomic E-state index is 5.65. The molecule has 0 radical (unpaired) electrons. The van der Waals surface area contributed by atoms with Crippen molar-refractivity contribution in [3.8, 4) is 0 Å². The van der Waals surface area contributed by atoms with Gasteiger partial charge < -0.3 is 20.3 Å². The maximum Gasteiger partial charge on any atom is 0.191 e. The number of nitrogens with one attached hydrogen (secondary N) is 2. The summed E-state index contributed by atoms with van der Waals surface area (Å²) in [6.45, 7) is 9.43. The molecule has 1 unspecified atom stereocenters. The summed E-state index contributed by atoms with van der Waals surface area (Å²) in [6, 6.07) is 0. The highest BCUT2D eigenvalue weighted by molar-refractivity contribution is 14.0. The first-order valence-electron chi connectivity index (χ1n) is 6.08. The Morgan fingerprint density at radius 3 is 2.53 bits per heavy atom. The second-order valence-corrected chi connectivity index (χ2v) is 4.00. The predicted octanol–water partition coefficient (Wildman–Crippen LogP) is 0.510. The number of guanidine groups is 1. The molecule has 2 N–H and O–H groups in total. The van der Waals surface area contributed by atoms with E-state index in [1.54, 1.807) is 0 Å². The third kappa shape index (κ3) is 7.05. The van der Waals surface area contributed by atoms with Gasteiger partial charge in [0.15, 0.2) is 5.96 Å². The van der Waals surface area contributed by atoms with Gasteiger partial charge in [0.1, 0.15) is 0 Å². The zero-order chi connectivity index (χ0) is 11.8. The zero-order valence-corrected chi connectivity index (χ0v) is 13.4. The molecule has 1 heterocycles. The Morgan fingerprint density at radius 2 is 2.00 bits per heavy atom. The van der Waals surface area contributed by atoms with Crippen molar-refractivity contribution in [1.82, 2.24) is 15.5 Å².